The summed E-state index contributed by atoms with van der Waals surface area (Å²) in [7, 11) is 0. The summed E-state index contributed by atoms with van der Waals surface area (Å²) in [6, 6.07) is 5.33. The maximum atomic E-state index is 11.8. The van der Waals surface area contributed by atoms with E-state index in [1.165, 1.54) is 0 Å². The van der Waals surface area contributed by atoms with Gasteiger partial charge in [-0.2, -0.15) is 13.2 Å². The van der Waals surface area contributed by atoms with Crippen molar-refractivity contribution in [2.24, 2.45) is 0 Å². The Labute approximate surface area is 119 Å². The SMILES string of the molecule is O=C(NCCc1ccc2c(c1)OCCO2)OCC(F)(F)F. The minimum Gasteiger partial charge on any atom is -0.486 e. The molecule has 8 heteroatoms. The number of alkyl carbamates (subject to hydrolysis) is 1. The maximum Gasteiger partial charge on any atom is 0.422 e. The highest BCUT2D eigenvalue weighted by atomic mass is 19.4. The molecule has 1 N–H and O–H groups in total. The molecule has 5 nitrogen and oxygen atoms in total. The first kappa shape index (κ1) is 15.3. The molecule has 1 aromatic rings. The van der Waals surface area contributed by atoms with Gasteiger partial charge in [0.25, 0.3) is 0 Å². The van der Waals surface area contributed by atoms with E-state index in [9.17, 15) is 18.0 Å². The third-order valence-electron chi connectivity index (χ3n) is 2.66. The number of amides is 1. The smallest absolute Gasteiger partial charge is 0.422 e. The second-order valence-electron chi connectivity index (χ2n) is 4.35. The summed E-state index contributed by atoms with van der Waals surface area (Å²) in [5.41, 5.74) is 0.871. The van der Waals surface area contributed by atoms with Crippen molar-refractivity contribution in [2.45, 2.75) is 12.6 Å². The van der Waals surface area contributed by atoms with Crippen LogP contribution in [-0.2, 0) is 11.2 Å². The molecule has 1 amide bonds. The van der Waals surface area contributed by atoms with E-state index in [4.69, 9.17) is 9.47 Å². The molecule has 0 spiro atoms. The molecule has 0 fully saturated rings. The fourth-order valence-corrected chi connectivity index (χ4v) is 1.75. The maximum absolute atomic E-state index is 11.8. The van der Waals surface area contributed by atoms with Crippen LogP contribution in [0.1, 0.15) is 5.56 Å². The van der Waals surface area contributed by atoms with Crippen LogP contribution in [0.5, 0.6) is 11.5 Å². The van der Waals surface area contributed by atoms with Gasteiger partial charge in [0.2, 0.25) is 0 Å². The zero-order chi connectivity index (χ0) is 15.3. The van der Waals surface area contributed by atoms with E-state index in [0.29, 0.717) is 31.1 Å². The average Bonchev–Trinajstić information content (AvgIpc) is 2.44. The number of benzene rings is 1. The lowest BCUT2D eigenvalue weighted by atomic mass is 10.1. The van der Waals surface area contributed by atoms with Crippen LogP contribution in [0.3, 0.4) is 0 Å². The van der Waals surface area contributed by atoms with Crippen LogP contribution in [-0.4, -0.2) is 38.6 Å². The molecule has 1 heterocycles. The molecular weight excluding hydrogens is 291 g/mol. The Balaban J connectivity index is 1.74. The van der Waals surface area contributed by atoms with Crippen LogP contribution in [0, 0.1) is 0 Å². The lowest BCUT2D eigenvalue weighted by Crippen LogP contribution is -2.30. The van der Waals surface area contributed by atoms with Gasteiger partial charge in [-0.05, 0) is 24.1 Å². The van der Waals surface area contributed by atoms with E-state index in [2.05, 4.69) is 10.1 Å². The Morgan fingerprint density at radius 3 is 2.67 bits per heavy atom. The van der Waals surface area contributed by atoms with Gasteiger partial charge >= 0.3 is 12.3 Å². The Kier molecular flexibility index (Phi) is 4.77. The highest BCUT2D eigenvalue weighted by Crippen LogP contribution is 2.30. The van der Waals surface area contributed by atoms with Gasteiger partial charge in [0, 0.05) is 6.54 Å². The minimum atomic E-state index is -4.52. The van der Waals surface area contributed by atoms with E-state index in [-0.39, 0.29) is 6.54 Å². The summed E-state index contributed by atoms with van der Waals surface area (Å²) in [5.74, 6) is 1.28. The van der Waals surface area contributed by atoms with E-state index < -0.39 is 18.9 Å². The first-order valence-corrected chi connectivity index (χ1v) is 6.30. The zero-order valence-corrected chi connectivity index (χ0v) is 11.0. The Bertz CT molecular complexity index is 505. The lowest BCUT2D eigenvalue weighted by molar-refractivity contribution is -0.160. The highest BCUT2D eigenvalue weighted by Gasteiger charge is 2.29. The molecule has 2 rings (SSSR count). The first-order chi connectivity index (χ1) is 9.94. The molecule has 1 aromatic carbocycles. The van der Waals surface area contributed by atoms with Crippen LogP contribution < -0.4 is 14.8 Å². The topological polar surface area (TPSA) is 56.8 Å². The van der Waals surface area contributed by atoms with Crippen molar-refractivity contribution < 1.29 is 32.2 Å². The molecule has 0 radical (unpaired) electrons. The van der Waals surface area contributed by atoms with Gasteiger partial charge < -0.3 is 19.5 Å². The number of carbonyl (C=O) groups is 1. The zero-order valence-electron chi connectivity index (χ0n) is 11.0. The fourth-order valence-electron chi connectivity index (χ4n) is 1.75. The summed E-state index contributed by atoms with van der Waals surface area (Å²) in [6.45, 7) is -0.462. The monoisotopic (exact) mass is 305 g/mol. The summed E-state index contributed by atoms with van der Waals surface area (Å²) in [5, 5.41) is 2.25. The number of fused-ring (bicyclic) bond motifs is 1. The summed E-state index contributed by atoms with van der Waals surface area (Å²) < 4.78 is 50.3. The third-order valence-corrected chi connectivity index (χ3v) is 2.66. The molecule has 0 saturated carbocycles. The third kappa shape index (κ3) is 5.05. The second kappa shape index (κ2) is 6.55. The van der Waals surface area contributed by atoms with Crippen molar-refractivity contribution >= 4 is 6.09 Å². The number of nitrogens with one attached hydrogen (secondary N) is 1. The molecule has 116 valence electrons. The van der Waals surface area contributed by atoms with Crippen molar-refractivity contribution in [3.63, 3.8) is 0 Å². The van der Waals surface area contributed by atoms with Gasteiger partial charge in [0.1, 0.15) is 13.2 Å². The Hall–Kier alpha value is -2.12. The number of hydrogen-bond donors (Lipinski definition) is 1. The van der Waals surface area contributed by atoms with Gasteiger partial charge in [-0.15, -0.1) is 0 Å². The lowest BCUT2D eigenvalue weighted by Gasteiger charge is -2.18. The molecule has 0 saturated heterocycles. The quantitative estimate of drug-likeness (QED) is 0.927. The normalized spacial score (nSPS) is 13.7. The molecule has 1 aliphatic rings. The van der Waals surface area contributed by atoms with Crippen molar-refractivity contribution in [1.82, 2.24) is 5.32 Å². The molecule has 0 bridgehead atoms. The average molecular weight is 305 g/mol. The predicted molar refractivity (Wildman–Crippen MR) is 66.5 cm³/mol. The van der Waals surface area contributed by atoms with E-state index >= 15 is 0 Å². The number of carbonyl (C=O) groups excluding carboxylic acids is 1. The van der Waals surface area contributed by atoms with Gasteiger partial charge in [-0.1, -0.05) is 6.07 Å². The molecule has 0 unspecified atom stereocenters. The van der Waals surface area contributed by atoms with Crippen LogP contribution in [0.25, 0.3) is 0 Å². The molecule has 1 aliphatic heterocycles. The largest absolute Gasteiger partial charge is 0.486 e. The number of halogens is 3. The highest BCUT2D eigenvalue weighted by molar-refractivity contribution is 5.67. The number of alkyl halides is 3. The van der Waals surface area contributed by atoms with Gasteiger partial charge in [-0.25, -0.2) is 4.79 Å². The molecule has 21 heavy (non-hydrogen) atoms. The Morgan fingerprint density at radius 2 is 1.95 bits per heavy atom. The number of hydrogen-bond acceptors (Lipinski definition) is 4. The number of ether oxygens (including phenoxy) is 3. The van der Waals surface area contributed by atoms with Crippen LogP contribution in [0.2, 0.25) is 0 Å². The summed E-state index contributed by atoms with van der Waals surface area (Å²) in [4.78, 5) is 11.0. The van der Waals surface area contributed by atoms with Crippen molar-refractivity contribution in [1.29, 1.82) is 0 Å². The molecule has 0 aromatic heterocycles. The van der Waals surface area contributed by atoms with E-state index in [0.717, 1.165) is 5.56 Å². The van der Waals surface area contributed by atoms with Crippen LogP contribution in [0.15, 0.2) is 18.2 Å². The van der Waals surface area contributed by atoms with Crippen LogP contribution >= 0.6 is 0 Å². The van der Waals surface area contributed by atoms with Crippen molar-refractivity contribution in [3.05, 3.63) is 23.8 Å². The van der Waals surface area contributed by atoms with Crippen LogP contribution in [0.4, 0.5) is 18.0 Å². The van der Waals surface area contributed by atoms with Crippen molar-refractivity contribution in [3.8, 4) is 11.5 Å². The minimum absolute atomic E-state index is 0.163. The predicted octanol–water partition coefficient (Wildman–Crippen LogP) is 2.29. The van der Waals surface area contributed by atoms with Gasteiger partial charge in [0.15, 0.2) is 18.1 Å². The Morgan fingerprint density at radius 1 is 1.24 bits per heavy atom. The summed E-state index contributed by atoms with van der Waals surface area (Å²) in [6.07, 6.45) is -5.17. The van der Waals surface area contributed by atoms with Gasteiger partial charge in [0.05, 0.1) is 0 Å². The van der Waals surface area contributed by atoms with Crippen molar-refractivity contribution in [2.75, 3.05) is 26.4 Å². The molecule has 0 atom stereocenters. The fraction of sp³-hybridized carbons (Fsp3) is 0.462. The van der Waals surface area contributed by atoms with E-state index in [1.54, 1.807) is 18.2 Å². The standard InChI is InChI=1S/C13H14F3NO4/c14-13(15,16)8-21-12(18)17-4-3-9-1-2-10-11(7-9)20-6-5-19-10/h1-2,7H,3-6,8H2,(H,17,18). The summed E-state index contributed by atoms with van der Waals surface area (Å²) >= 11 is 0. The van der Waals surface area contributed by atoms with Gasteiger partial charge in [-0.3, -0.25) is 0 Å². The number of rotatable bonds is 4. The first-order valence-electron chi connectivity index (χ1n) is 6.30. The molecular formula is C13H14F3NO4. The molecule has 0 aliphatic carbocycles. The van der Waals surface area contributed by atoms with E-state index in [1.807, 2.05) is 0 Å². The second-order valence-corrected chi connectivity index (χ2v) is 4.35.